The van der Waals surface area contributed by atoms with E-state index in [1.165, 1.54) is 22.4 Å². The number of hydrazone groups is 1. The molecular weight excluding hydrogens is 442 g/mol. The Balaban J connectivity index is 1.55. The number of halogens is 1. The van der Waals surface area contributed by atoms with Crippen molar-refractivity contribution < 1.29 is 9.90 Å². The van der Waals surface area contributed by atoms with Crippen LogP contribution in [-0.2, 0) is 4.79 Å². The molecule has 3 aromatic rings. The molecule has 9 heteroatoms. The Kier molecular flexibility index (Phi) is 5.01. The summed E-state index contributed by atoms with van der Waals surface area (Å²) in [5.74, 6) is -0.324. The number of azo groups is 1. The summed E-state index contributed by atoms with van der Waals surface area (Å²) in [4.78, 5) is 17.3. The van der Waals surface area contributed by atoms with Gasteiger partial charge in [0, 0.05) is 15.4 Å². The molecule has 1 atom stereocenters. The molecule has 1 unspecified atom stereocenters. The largest absolute Gasteiger partial charge is 0.506 e. The Labute approximate surface area is 173 Å². The molecule has 4 rings (SSSR count). The average molecular weight is 456 g/mol. The minimum absolute atomic E-state index is 0.00204. The maximum atomic E-state index is 12.8. The first-order chi connectivity index (χ1) is 13.5. The van der Waals surface area contributed by atoms with E-state index < -0.39 is 6.04 Å². The fourth-order valence-electron chi connectivity index (χ4n) is 2.61. The lowest BCUT2D eigenvalue weighted by molar-refractivity contribution is -0.117. The number of carbonyl (C=O) groups excluding carboxylic acids is 1. The number of carbonyl (C=O) groups is 1. The van der Waals surface area contributed by atoms with Crippen molar-refractivity contribution in [3.63, 3.8) is 0 Å². The van der Waals surface area contributed by atoms with Gasteiger partial charge in [-0.1, -0.05) is 40.2 Å². The van der Waals surface area contributed by atoms with Crippen molar-refractivity contribution in [2.75, 3.05) is 5.01 Å². The molecule has 2 heterocycles. The van der Waals surface area contributed by atoms with Gasteiger partial charge in [-0.15, -0.1) is 11.3 Å². The SMILES string of the molecule is CC1=NN(c2nc(-c3ccc(Br)cc3)cs2)C(=O)C1N=Nc1ccccc1O. The van der Waals surface area contributed by atoms with Crippen LogP contribution in [0.2, 0.25) is 0 Å². The summed E-state index contributed by atoms with van der Waals surface area (Å²) in [6.07, 6.45) is 0. The summed E-state index contributed by atoms with van der Waals surface area (Å²) in [6, 6.07) is 13.5. The first-order valence-corrected chi connectivity index (χ1v) is 9.99. The predicted molar refractivity (Wildman–Crippen MR) is 112 cm³/mol. The van der Waals surface area contributed by atoms with Crippen molar-refractivity contribution >= 4 is 49.7 Å². The second kappa shape index (κ2) is 7.61. The van der Waals surface area contributed by atoms with Crippen LogP contribution in [0, 0.1) is 0 Å². The molecule has 1 aliphatic heterocycles. The zero-order chi connectivity index (χ0) is 19.7. The molecule has 0 radical (unpaired) electrons. The van der Waals surface area contributed by atoms with Crippen LogP contribution in [0.1, 0.15) is 6.92 Å². The van der Waals surface area contributed by atoms with E-state index in [0.717, 1.165) is 15.7 Å². The van der Waals surface area contributed by atoms with Crippen LogP contribution in [0.3, 0.4) is 0 Å². The highest BCUT2D eigenvalue weighted by Gasteiger charge is 2.36. The first kappa shape index (κ1) is 18.5. The molecule has 0 saturated heterocycles. The average Bonchev–Trinajstić information content (AvgIpc) is 3.27. The summed E-state index contributed by atoms with van der Waals surface area (Å²) < 4.78 is 0.985. The highest BCUT2D eigenvalue weighted by atomic mass is 79.9. The molecule has 140 valence electrons. The van der Waals surface area contributed by atoms with E-state index >= 15 is 0 Å². The molecule has 7 nitrogen and oxygen atoms in total. The maximum absolute atomic E-state index is 12.8. The van der Waals surface area contributed by atoms with Crippen LogP contribution in [0.25, 0.3) is 11.3 Å². The van der Waals surface area contributed by atoms with Crippen molar-refractivity contribution in [3.8, 4) is 17.0 Å². The highest BCUT2D eigenvalue weighted by Crippen LogP contribution is 2.32. The standard InChI is InChI=1S/C19H14BrN5O2S/c1-11-17(23-22-14-4-2-3-5-16(14)26)18(27)25(24-11)19-21-15(10-28-19)12-6-8-13(20)9-7-12/h2-10,17,26H,1H3. The van der Waals surface area contributed by atoms with Gasteiger partial charge < -0.3 is 5.11 Å². The second-order valence-electron chi connectivity index (χ2n) is 6.02. The number of nitrogens with zero attached hydrogens (tertiary/aromatic N) is 5. The smallest absolute Gasteiger partial charge is 0.282 e. The van der Waals surface area contributed by atoms with E-state index in [4.69, 9.17) is 0 Å². The van der Waals surface area contributed by atoms with Crippen LogP contribution < -0.4 is 5.01 Å². The van der Waals surface area contributed by atoms with Gasteiger partial charge in [0.2, 0.25) is 5.13 Å². The minimum atomic E-state index is -0.834. The van der Waals surface area contributed by atoms with E-state index in [1.807, 2.05) is 29.6 Å². The molecule has 2 aromatic carbocycles. The Bertz CT molecular complexity index is 1090. The minimum Gasteiger partial charge on any atom is -0.506 e. The zero-order valence-corrected chi connectivity index (χ0v) is 17.1. The molecule has 0 spiro atoms. The molecule has 1 aliphatic rings. The topological polar surface area (TPSA) is 90.5 Å². The van der Waals surface area contributed by atoms with E-state index in [-0.39, 0.29) is 11.7 Å². The molecule has 1 N–H and O–H groups in total. The zero-order valence-electron chi connectivity index (χ0n) is 14.7. The number of phenols is 1. The van der Waals surface area contributed by atoms with Crippen molar-refractivity contribution in [2.45, 2.75) is 13.0 Å². The molecule has 28 heavy (non-hydrogen) atoms. The van der Waals surface area contributed by atoms with Crippen molar-refractivity contribution in [3.05, 3.63) is 58.4 Å². The molecule has 0 saturated carbocycles. The molecule has 0 fully saturated rings. The van der Waals surface area contributed by atoms with E-state index in [1.54, 1.807) is 25.1 Å². The van der Waals surface area contributed by atoms with Gasteiger partial charge in [-0.3, -0.25) is 4.79 Å². The van der Waals surface area contributed by atoms with Crippen molar-refractivity contribution in [1.82, 2.24) is 4.98 Å². The van der Waals surface area contributed by atoms with E-state index in [9.17, 15) is 9.90 Å². The van der Waals surface area contributed by atoms with Gasteiger partial charge in [0.25, 0.3) is 5.91 Å². The van der Waals surface area contributed by atoms with Crippen LogP contribution >= 0.6 is 27.3 Å². The molecule has 1 amide bonds. The van der Waals surface area contributed by atoms with Gasteiger partial charge in [0.1, 0.15) is 11.4 Å². The quantitative estimate of drug-likeness (QED) is 0.551. The normalized spacial score (nSPS) is 16.8. The number of anilines is 1. The van der Waals surface area contributed by atoms with Crippen LogP contribution in [0.15, 0.2) is 73.7 Å². The van der Waals surface area contributed by atoms with Gasteiger partial charge in [0.05, 0.1) is 11.4 Å². The summed E-state index contributed by atoms with van der Waals surface area (Å²) in [5, 5.41) is 25.8. The summed E-state index contributed by atoms with van der Waals surface area (Å²) >= 11 is 4.74. The Morgan fingerprint density at radius 2 is 1.93 bits per heavy atom. The number of aromatic hydroxyl groups is 1. The summed E-state index contributed by atoms with van der Waals surface area (Å²) in [5.41, 5.74) is 2.54. The molecular formula is C19H14BrN5O2S. The monoisotopic (exact) mass is 455 g/mol. The third-order valence-electron chi connectivity index (χ3n) is 4.07. The highest BCUT2D eigenvalue weighted by molar-refractivity contribution is 9.10. The number of hydrogen-bond acceptors (Lipinski definition) is 7. The third-order valence-corrected chi connectivity index (χ3v) is 5.42. The number of hydrogen-bond donors (Lipinski definition) is 1. The van der Waals surface area contributed by atoms with E-state index in [0.29, 0.717) is 16.5 Å². The number of benzene rings is 2. The third kappa shape index (κ3) is 3.58. The van der Waals surface area contributed by atoms with Crippen molar-refractivity contribution in [1.29, 1.82) is 0 Å². The number of phenolic OH excluding ortho intramolecular Hbond substituents is 1. The number of para-hydroxylation sites is 1. The first-order valence-electron chi connectivity index (χ1n) is 8.32. The fourth-order valence-corrected chi connectivity index (χ4v) is 3.66. The Morgan fingerprint density at radius 3 is 2.68 bits per heavy atom. The maximum Gasteiger partial charge on any atom is 0.282 e. The number of rotatable bonds is 4. The van der Waals surface area contributed by atoms with Gasteiger partial charge in [-0.25, -0.2) is 4.98 Å². The number of aromatic nitrogens is 1. The van der Waals surface area contributed by atoms with Crippen LogP contribution in [0.5, 0.6) is 5.75 Å². The van der Waals surface area contributed by atoms with Crippen LogP contribution in [0.4, 0.5) is 10.8 Å². The molecule has 0 bridgehead atoms. The second-order valence-corrected chi connectivity index (χ2v) is 7.77. The number of amides is 1. The summed E-state index contributed by atoms with van der Waals surface area (Å²) in [7, 11) is 0. The van der Waals surface area contributed by atoms with Gasteiger partial charge in [-0.05, 0) is 31.2 Å². The van der Waals surface area contributed by atoms with Gasteiger partial charge in [-0.2, -0.15) is 20.3 Å². The Hall–Kier alpha value is -2.91. The molecule has 1 aromatic heterocycles. The fraction of sp³-hybridized carbons (Fsp3) is 0.105. The van der Waals surface area contributed by atoms with E-state index in [2.05, 4.69) is 36.2 Å². The molecule has 0 aliphatic carbocycles. The lowest BCUT2D eigenvalue weighted by Gasteiger charge is -2.08. The lowest BCUT2D eigenvalue weighted by atomic mass is 10.2. The Morgan fingerprint density at radius 1 is 1.18 bits per heavy atom. The summed E-state index contributed by atoms with van der Waals surface area (Å²) in [6.45, 7) is 1.72. The van der Waals surface area contributed by atoms with Gasteiger partial charge >= 0.3 is 0 Å². The van der Waals surface area contributed by atoms with Gasteiger partial charge in [0.15, 0.2) is 6.04 Å². The predicted octanol–water partition coefficient (Wildman–Crippen LogP) is 5.15. The lowest BCUT2D eigenvalue weighted by Crippen LogP contribution is -2.29. The van der Waals surface area contributed by atoms with Crippen molar-refractivity contribution in [2.24, 2.45) is 15.3 Å². The number of thiazole rings is 1. The van der Waals surface area contributed by atoms with Crippen LogP contribution in [-0.4, -0.2) is 27.8 Å².